The van der Waals surface area contributed by atoms with Crippen LogP contribution in [0.3, 0.4) is 0 Å². The molecule has 7 heteroatoms. The van der Waals surface area contributed by atoms with Crippen molar-refractivity contribution >= 4 is 17.3 Å². The minimum atomic E-state index is 0.398. The Hall–Kier alpha value is -1.89. The van der Waals surface area contributed by atoms with Gasteiger partial charge in [-0.05, 0) is 35.7 Å². The quantitative estimate of drug-likeness (QED) is 0.589. The molecule has 0 aliphatic heterocycles. The van der Waals surface area contributed by atoms with E-state index >= 15 is 0 Å². The predicted molar refractivity (Wildman–Crippen MR) is 100 cm³/mol. The summed E-state index contributed by atoms with van der Waals surface area (Å²) in [5.74, 6) is 1.95. The van der Waals surface area contributed by atoms with Gasteiger partial charge in [-0.15, -0.1) is 10.2 Å². The van der Waals surface area contributed by atoms with E-state index in [0.29, 0.717) is 12.6 Å². The Labute approximate surface area is 148 Å². The van der Waals surface area contributed by atoms with Crippen molar-refractivity contribution in [2.24, 2.45) is 4.99 Å². The number of hydrogen-bond acceptors (Lipinski definition) is 4. The van der Waals surface area contributed by atoms with Crippen LogP contribution in [0.2, 0.25) is 0 Å². The van der Waals surface area contributed by atoms with E-state index in [1.807, 2.05) is 0 Å². The number of aromatic nitrogens is 3. The second kappa shape index (κ2) is 9.42. The summed E-state index contributed by atoms with van der Waals surface area (Å²) >= 11 is 1.73. The molecule has 0 radical (unpaired) electrons. The predicted octanol–water partition coefficient (Wildman–Crippen LogP) is 2.78. The summed E-state index contributed by atoms with van der Waals surface area (Å²) in [5.41, 5.74) is 1.31. The van der Waals surface area contributed by atoms with E-state index < -0.39 is 0 Å². The average Bonchev–Trinajstić information content (AvgIpc) is 3.24. The molecule has 0 saturated heterocycles. The second-order valence-electron chi connectivity index (χ2n) is 5.94. The summed E-state index contributed by atoms with van der Waals surface area (Å²) in [7, 11) is 2.09. The fourth-order valence-corrected chi connectivity index (χ4v) is 2.99. The van der Waals surface area contributed by atoms with Gasteiger partial charge >= 0.3 is 0 Å². The Kier molecular flexibility index (Phi) is 7.24. The Morgan fingerprint density at radius 3 is 2.96 bits per heavy atom. The molecule has 24 heavy (non-hydrogen) atoms. The third-order valence-corrected chi connectivity index (χ3v) is 4.70. The van der Waals surface area contributed by atoms with E-state index in [-0.39, 0.29) is 0 Å². The third-order valence-electron chi connectivity index (χ3n) is 3.96. The van der Waals surface area contributed by atoms with Crippen molar-refractivity contribution in [1.29, 1.82) is 0 Å². The molecule has 0 aliphatic carbocycles. The molecule has 6 nitrogen and oxygen atoms in total. The SMILES string of the molecule is CCc1nncn1CCN=C(NC(C)CC)N(C)Cc1ccsc1. The number of aryl methyl sites for hydroxylation is 1. The molecular formula is C17H28N6S. The van der Waals surface area contributed by atoms with Crippen LogP contribution < -0.4 is 5.32 Å². The maximum Gasteiger partial charge on any atom is 0.194 e. The Balaban J connectivity index is 2.00. The number of guanidine groups is 1. The number of thiophene rings is 1. The minimum absolute atomic E-state index is 0.398. The van der Waals surface area contributed by atoms with Gasteiger partial charge in [0.05, 0.1) is 6.54 Å². The van der Waals surface area contributed by atoms with Crippen molar-refractivity contribution in [2.75, 3.05) is 13.6 Å². The first kappa shape index (κ1) is 18.4. The van der Waals surface area contributed by atoms with Gasteiger partial charge in [-0.2, -0.15) is 11.3 Å². The first-order valence-corrected chi connectivity index (χ1v) is 9.48. The molecule has 132 valence electrons. The molecule has 2 aromatic heterocycles. The average molecular weight is 349 g/mol. The number of nitrogens with zero attached hydrogens (tertiary/aromatic N) is 5. The van der Waals surface area contributed by atoms with Crippen LogP contribution >= 0.6 is 11.3 Å². The van der Waals surface area contributed by atoms with Gasteiger partial charge in [0, 0.05) is 32.6 Å². The van der Waals surface area contributed by atoms with E-state index in [9.17, 15) is 0 Å². The van der Waals surface area contributed by atoms with Crippen LogP contribution in [0.1, 0.15) is 38.6 Å². The number of hydrogen-bond donors (Lipinski definition) is 1. The molecule has 0 aliphatic rings. The van der Waals surface area contributed by atoms with Gasteiger partial charge in [0.1, 0.15) is 12.2 Å². The fraction of sp³-hybridized carbons (Fsp3) is 0.588. The van der Waals surface area contributed by atoms with E-state index in [0.717, 1.165) is 37.7 Å². The molecule has 0 fully saturated rings. The maximum atomic E-state index is 4.80. The van der Waals surface area contributed by atoms with Gasteiger partial charge in [-0.25, -0.2) is 0 Å². The normalized spacial score (nSPS) is 13.1. The fourth-order valence-electron chi connectivity index (χ4n) is 2.33. The molecule has 0 spiro atoms. The van der Waals surface area contributed by atoms with Crippen molar-refractivity contribution in [3.05, 3.63) is 34.5 Å². The van der Waals surface area contributed by atoms with Crippen LogP contribution in [0.25, 0.3) is 0 Å². The van der Waals surface area contributed by atoms with E-state index in [4.69, 9.17) is 4.99 Å². The minimum Gasteiger partial charge on any atom is -0.354 e. The van der Waals surface area contributed by atoms with Crippen LogP contribution in [-0.4, -0.2) is 45.3 Å². The summed E-state index contributed by atoms with van der Waals surface area (Å²) in [6, 6.07) is 2.56. The van der Waals surface area contributed by atoms with Crippen LogP contribution in [-0.2, 0) is 19.5 Å². The maximum absolute atomic E-state index is 4.80. The molecular weight excluding hydrogens is 320 g/mol. The number of nitrogens with one attached hydrogen (secondary N) is 1. The van der Waals surface area contributed by atoms with Crippen molar-refractivity contribution in [3.8, 4) is 0 Å². The molecule has 0 aromatic carbocycles. The number of rotatable bonds is 8. The zero-order chi connectivity index (χ0) is 17.4. The van der Waals surface area contributed by atoms with E-state index in [1.165, 1.54) is 5.56 Å². The Bertz CT molecular complexity index is 619. The van der Waals surface area contributed by atoms with Crippen LogP contribution in [0, 0.1) is 0 Å². The lowest BCUT2D eigenvalue weighted by Crippen LogP contribution is -2.43. The highest BCUT2D eigenvalue weighted by atomic mass is 32.1. The Morgan fingerprint density at radius 2 is 2.29 bits per heavy atom. The second-order valence-corrected chi connectivity index (χ2v) is 6.72. The third kappa shape index (κ3) is 5.33. The standard InChI is InChI=1S/C17H28N6S/c1-5-14(3)20-17(22(4)11-15-7-10-24-12-15)18-8-9-23-13-19-21-16(23)6-2/h7,10,12-14H,5-6,8-9,11H2,1-4H3,(H,18,20). The molecule has 2 rings (SSSR count). The summed E-state index contributed by atoms with van der Waals surface area (Å²) in [5, 5.41) is 15.9. The lowest BCUT2D eigenvalue weighted by Gasteiger charge is -2.25. The monoisotopic (exact) mass is 348 g/mol. The zero-order valence-electron chi connectivity index (χ0n) is 15.1. The molecule has 0 bridgehead atoms. The van der Waals surface area contributed by atoms with Crippen molar-refractivity contribution in [1.82, 2.24) is 25.0 Å². The highest BCUT2D eigenvalue weighted by Crippen LogP contribution is 2.09. The summed E-state index contributed by atoms with van der Waals surface area (Å²) < 4.78 is 2.07. The van der Waals surface area contributed by atoms with Gasteiger partial charge in [0.25, 0.3) is 0 Å². The van der Waals surface area contributed by atoms with Gasteiger partial charge < -0.3 is 14.8 Å². The van der Waals surface area contributed by atoms with Gasteiger partial charge in [0.2, 0.25) is 0 Å². The smallest absolute Gasteiger partial charge is 0.194 e. The number of aliphatic imine (C=N–C) groups is 1. The van der Waals surface area contributed by atoms with Crippen molar-refractivity contribution in [2.45, 2.75) is 52.7 Å². The molecule has 2 aromatic rings. The molecule has 1 unspecified atom stereocenters. The van der Waals surface area contributed by atoms with E-state index in [2.05, 4.69) is 69.6 Å². The molecule has 0 amide bonds. The summed E-state index contributed by atoms with van der Waals surface area (Å²) in [6.07, 6.45) is 3.74. The molecule has 0 saturated carbocycles. The molecule has 2 heterocycles. The summed E-state index contributed by atoms with van der Waals surface area (Å²) in [4.78, 5) is 6.98. The lowest BCUT2D eigenvalue weighted by molar-refractivity contribution is 0.458. The van der Waals surface area contributed by atoms with Gasteiger partial charge in [-0.3, -0.25) is 4.99 Å². The Morgan fingerprint density at radius 1 is 1.46 bits per heavy atom. The molecule has 1 atom stereocenters. The van der Waals surface area contributed by atoms with Gasteiger partial charge in [-0.1, -0.05) is 13.8 Å². The molecule has 1 N–H and O–H groups in total. The first-order valence-electron chi connectivity index (χ1n) is 8.53. The summed E-state index contributed by atoms with van der Waals surface area (Å²) in [6.45, 7) is 8.82. The van der Waals surface area contributed by atoms with Crippen molar-refractivity contribution in [3.63, 3.8) is 0 Å². The highest BCUT2D eigenvalue weighted by Gasteiger charge is 2.10. The van der Waals surface area contributed by atoms with Crippen LogP contribution in [0.4, 0.5) is 0 Å². The van der Waals surface area contributed by atoms with E-state index in [1.54, 1.807) is 17.7 Å². The topological polar surface area (TPSA) is 58.3 Å². The zero-order valence-corrected chi connectivity index (χ0v) is 15.9. The van der Waals surface area contributed by atoms with Crippen LogP contribution in [0.5, 0.6) is 0 Å². The first-order chi connectivity index (χ1) is 11.6. The largest absolute Gasteiger partial charge is 0.354 e. The van der Waals surface area contributed by atoms with Crippen LogP contribution in [0.15, 0.2) is 28.1 Å². The lowest BCUT2D eigenvalue weighted by atomic mass is 10.2. The highest BCUT2D eigenvalue weighted by molar-refractivity contribution is 7.07. The van der Waals surface area contributed by atoms with Gasteiger partial charge in [0.15, 0.2) is 5.96 Å². The van der Waals surface area contributed by atoms with Crippen molar-refractivity contribution < 1.29 is 0 Å².